The molecule has 7 nitrogen and oxygen atoms in total. The molecule has 1 N–H and O–H groups in total. The summed E-state index contributed by atoms with van der Waals surface area (Å²) in [5.41, 5.74) is 2.64. The van der Waals surface area contributed by atoms with E-state index in [4.69, 9.17) is 16.3 Å². The van der Waals surface area contributed by atoms with Gasteiger partial charge in [0, 0.05) is 16.4 Å². The molecule has 0 bridgehead atoms. The molecule has 1 aliphatic carbocycles. The molecule has 0 aliphatic heterocycles. The molecule has 3 aromatic rings. The fraction of sp³-hybridized carbons (Fsp3) is 0.360. The van der Waals surface area contributed by atoms with Crippen molar-refractivity contribution in [3.05, 3.63) is 63.3 Å². The first-order chi connectivity index (χ1) is 16.9. The van der Waals surface area contributed by atoms with E-state index in [0.717, 1.165) is 30.4 Å². The topological polar surface area (TPSA) is 92.8 Å². The predicted octanol–water partition coefficient (Wildman–Crippen LogP) is 5.79. The third-order valence-electron chi connectivity index (χ3n) is 5.81. The molecular formula is C25H26ClN5O2S2. The van der Waals surface area contributed by atoms with Crippen LogP contribution in [0.1, 0.15) is 40.7 Å². The largest absolute Gasteiger partial charge is 0.486 e. The van der Waals surface area contributed by atoms with E-state index in [1.54, 1.807) is 12.1 Å². The summed E-state index contributed by atoms with van der Waals surface area (Å²) in [7, 11) is 0. The van der Waals surface area contributed by atoms with Gasteiger partial charge in [-0.2, -0.15) is 5.26 Å². The quantitative estimate of drug-likeness (QED) is 0.279. The molecule has 1 atom stereocenters. The van der Waals surface area contributed by atoms with Gasteiger partial charge in [-0.25, -0.2) is 0 Å². The van der Waals surface area contributed by atoms with E-state index >= 15 is 0 Å². The number of hydrogen-bond donors (Lipinski definition) is 1. The van der Waals surface area contributed by atoms with Crippen molar-refractivity contribution >= 4 is 45.6 Å². The predicted molar refractivity (Wildman–Crippen MR) is 140 cm³/mol. The summed E-state index contributed by atoms with van der Waals surface area (Å²) < 4.78 is 7.75. The van der Waals surface area contributed by atoms with Gasteiger partial charge >= 0.3 is 0 Å². The molecule has 2 aromatic heterocycles. The van der Waals surface area contributed by atoms with Crippen LogP contribution < -0.4 is 10.1 Å². The van der Waals surface area contributed by atoms with Crippen LogP contribution >= 0.6 is 34.7 Å². The lowest BCUT2D eigenvalue weighted by Gasteiger charge is -2.17. The average molecular weight is 528 g/mol. The minimum absolute atomic E-state index is 0.149. The minimum Gasteiger partial charge on any atom is -0.486 e. The fourth-order valence-corrected chi connectivity index (χ4v) is 6.21. The Morgan fingerprint density at radius 1 is 1.49 bits per heavy atom. The van der Waals surface area contributed by atoms with Gasteiger partial charge < -0.3 is 10.1 Å². The molecule has 182 valence electrons. The van der Waals surface area contributed by atoms with E-state index in [2.05, 4.69) is 35.1 Å². The Labute approximate surface area is 218 Å². The van der Waals surface area contributed by atoms with Gasteiger partial charge in [0.25, 0.3) is 0 Å². The van der Waals surface area contributed by atoms with Crippen molar-refractivity contribution in [2.75, 3.05) is 11.1 Å². The average Bonchev–Trinajstić information content (AvgIpc) is 3.38. The molecule has 1 unspecified atom stereocenters. The van der Waals surface area contributed by atoms with Crippen LogP contribution in [0.5, 0.6) is 5.75 Å². The van der Waals surface area contributed by atoms with Gasteiger partial charge in [0.15, 0.2) is 11.0 Å². The molecule has 10 heteroatoms. The number of aryl methyl sites for hydroxylation is 1. The first-order valence-corrected chi connectivity index (χ1v) is 13.5. The maximum Gasteiger partial charge on any atom is 0.235 e. The summed E-state index contributed by atoms with van der Waals surface area (Å²) in [4.78, 5) is 13.9. The Bertz CT molecular complexity index is 1290. The van der Waals surface area contributed by atoms with Crippen molar-refractivity contribution < 1.29 is 9.53 Å². The maximum absolute atomic E-state index is 12.7. The summed E-state index contributed by atoms with van der Waals surface area (Å²) in [6.45, 7) is 8.66. The number of amides is 1. The number of nitrogens with one attached hydrogen (secondary N) is 1. The smallest absolute Gasteiger partial charge is 0.235 e. The lowest BCUT2D eigenvalue weighted by molar-refractivity contribution is -0.113. The molecule has 0 fully saturated rings. The van der Waals surface area contributed by atoms with E-state index in [-0.39, 0.29) is 18.3 Å². The minimum atomic E-state index is -0.180. The molecule has 1 aliphatic rings. The number of thiophene rings is 1. The van der Waals surface area contributed by atoms with Crippen molar-refractivity contribution in [1.82, 2.24) is 14.8 Å². The molecule has 35 heavy (non-hydrogen) atoms. The number of aromatic nitrogens is 3. The second-order valence-corrected chi connectivity index (χ2v) is 11.0. The first kappa shape index (κ1) is 25.3. The fourth-order valence-electron chi connectivity index (χ4n) is 3.95. The van der Waals surface area contributed by atoms with Gasteiger partial charge in [-0.1, -0.05) is 36.4 Å². The van der Waals surface area contributed by atoms with Crippen molar-refractivity contribution in [2.45, 2.75) is 51.4 Å². The molecule has 0 radical (unpaired) electrons. The number of anilines is 1. The molecule has 0 saturated carbocycles. The number of carbonyl (C=O) groups excluding carboxylic acids is 1. The Balaban J connectivity index is 1.40. The van der Waals surface area contributed by atoms with Gasteiger partial charge in [0.1, 0.15) is 23.4 Å². The van der Waals surface area contributed by atoms with E-state index in [9.17, 15) is 10.1 Å². The molecule has 4 rings (SSSR count). The number of allylic oxidation sites excluding steroid dienone is 1. The van der Waals surface area contributed by atoms with Gasteiger partial charge in [-0.3, -0.25) is 9.36 Å². The summed E-state index contributed by atoms with van der Waals surface area (Å²) >= 11 is 8.90. The monoisotopic (exact) mass is 527 g/mol. The van der Waals surface area contributed by atoms with Crippen LogP contribution in [0.25, 0.3) is 0 Å². The lowest BCUT2D eigenvalue weighted by Crippen LogP contribution is -2.15. The summed E-state index contributed by atoms with van der Waals surface area (Å²) in [5, 5.41) is 23.0. The summed E-state index contributed by atoms with van der Waals surface area (Å²) in [6.07, 6.45) is 4.68. The highest BCUT2D eigenvalue weighted by Gasteiger charge is 2.25. The third kappa shape index (κ3) is 5.89. The zero-order chi connectivity index (χ0) is 24.9. The van der Waals surface area contributed by atoms with Gasteiger partial charge in [-0.05, 0) is 61.4 Å². The van der Waals surface area contributed by atoms with Crippen LogP contribution in [0.4, 0.5) is 5.00 Å². The van der Waals surface area contributed by atoms with Crippen LogP contribution in [0, 0.1) is 24.2 Å². The normalized spacial score (nSPS) is 14.7. The number of nitrogens with zero attached hydrogens (tertiary/aromatic N) is 4. The zero-order valence-electron chi connectivity index (χ0n) is 19.6. The number of nitriles is 1. The van der Waals surface area contributed by atoms with Gasteiger partial charge in [-0.15, -0.1) is 28.1 Å². The summed E-state index contributed by atoms with van der Waals surface area (Å²) in [6, 6.07) is 7.76. The van der Waals surface area contributed by atoms with Gasteiger partial charge in [0.05, 0.1) is 11.3 Å². The van der Waals surface area contributed by atoms with Gasteiger partial charge in [0.2, 0.25) is 5.91 Å². The van der Waals surface area contributed by atoms with E-state index in [1.165, 1.54) is 28.0 Å². The van der Waals surface area contributed by atoms with Crippen molar-refractivity contribution in [3.8, 4) is 11.8 Å². The summed E-state index contributed by atoms with van der Waals surface area (Å²) in [5.74, 6) is 1.89. The Kier molecular flexibility index (Phi) is 8.16. The number of ether oxygens (including phenoxy) is 1. The highest BCUT2D eigenvalue weighted by Crippen LogP contribution is 2.39. The Hall–Kier alpha value is -2.80. The standard InChI is InChI=1S/C25H26ClN5O2S2/c1-4-9-31-22(13-33-17-6-8-20(26)16(3)11-17)29-30-25(31)34-14-23(32)28-24-19(12-27)18-7-5-15(2)10-21(18)35-24/h4,6,8,11,15H,1,5,7,9-10,13-14H2,2-3H3,(H,28,32). The first-order valence-electron chi connectivity index (χ1n) is 11.3. The van der Waals surface area contributed by atoms with Crippen LogP contribution in [-0.4, -0.2) is 26.4 Å². The number of benzene rings is 1. The molecule has 2 heterocycles. The highest BCUT2D eigenvalue weighted by molar-refractivity contribution is 7.99. The number of thioether (sulfide) groups is 1. The van der Waals surface area contributed by atoms with Crippen LogP contribution in [0.2, 0.25) is 5.02 Å². The number of halogens is 1. The molecular weight excluding hydrogens is 502 g/mol. The van der Waals surface area contributed by atoms with Crippen molar-refractivity contribution in [2.24, 2.45) is 5.92 Å². The van der Waals surface area contributed by atoms with E-state index in [1.807, 2.05) is 23.6 Å². The third-order valence-corrected chi connectivity index (χ3v) is 8.37. The zero-order valence-corrected chi connectivity index (χ0v) is 22.0. The second-order valence-electron chi connectivity index (χ2n) is 8.50. The van der Waals surface area contributed by atoms with Crippen molar-refractivity contribution in [1.29, 1.82) is 5.26 Å². The van der Waals surface area contributed by atoms with E-state index in [0.29, 0.717) is 44.8 Å². The van der Waals surface area contributed by atoms with Crippen LogP contribution in [0.3, 0.4) is 0 Å². The SMILES string of the molecule is C=CCn1c(COc2ccc(Cl)c(C)c2)nnc1SCC(=O)Nc1sc2c(c1C#N)CCC(C)C2. The number of rotatable bonds is 9. The number of fused-ring (bicyclic) bond motifs is 1. The molecule has 0 spiro atoms. The molecule has 1 amide bonds. The second kappa shape index (κ2) is 11.3. The molecule has 0 saturated heterocycles. The Morgan fingerprint density at radius 2 is 2.31 bits per heavy atom. The lowest BCUT2D eigenvalue weighted by atomic mass is 9.89. The number of hydrogen-bond acceptors (Lipinski definition) is 7. The Morgan fingerprint density at radius 3 is 3.06 bits per heavy atom. The molecule has 1 aromatic carbocycles. The van der Waals surface area contributed by atoms with Crippen LogP contribution in [0.15, 0.2) is 36.0 Å². The van der Waals surface area contributed by atoms with Crippen molar-refractivity contribution in [3.63, 3.8) is 0 Å². The number of carbonyl (C=O) groups is 1. The van der Waals surface area contributed by atoms with Crippen LogP contribution in [-0.2, 0) is 30.8 Å². The highest BCUT2D eigenvalue weighted by atomic mass is 35.5. The van der Waals surface area contributed by atoms with E-state index < -0.39 is 0 Å². The maximum atomic E-state index is 12.7.